The van der Waals surface area contributed by atoms with Gasteiger partial charge in [-0.3, -0.25) is 9.59 Å². The molecular weight excluding hydrogens is 491 g/mol. The van der Waals surface area contributed by atoms with E-state index in [1.165, 1.54) is 0 Å². The Bertz CT molecular complexity index is 1100. The number of carbonyl (C=O) groups excluding carboxylic acids is 1. The van der Waals surface area contributed by atoms with Gasteiger partial charge < -0.3 is 20.1 Å². The average Bonchev–Trinajstić information content (AvgIpc) is 2.73. The molecule has 0 radical (unpaired) electrons. The summed E-state index contributed by atoms with van der Waals surface area (Å²) in [6.07, 6.45) is -0.0238. The third kappa shape index (κ3) is 4.91. The maximum absolute atomic E-state index is 12.8. The van der Waals surface area contributed by atoms with Crippen LogP contribution in [-0.4, -0.2) is 43.5 Å². The van der Waals surface area contributed by atoms with E-state index in [4.69, 9.17) is 47.0 Å². The highest BCUT2D eigenvalue weighted by Crippen LogP contribution is 2.35. The van der Waals surface area contributed by atoms with E-state index in [-0.39, 0.29) is 23.3 Å². The number of carbonyl (C=O) groups is 1. The molecule has 1 amide bonds. The van der Waals surface area contributed by atoms with Crippen LogP contribution >= 0.6 is 47.0 Å². The lowest BCUT2D eigenvalue weighted by atomic mass is 9.83. The van der Waals surface area contributed by atoms with Crippen LogP contribution in [0.25, 0.3) is 0 Å². The second-order valence-electron chi connectivity index (χ2n) is 8.32. The summed E-state index contributed by atoms with van der Waals surface area (Å²) < 4.78 is 0.0349. The molecule has 2 bridgehead atoms. The molecule has 1 aromatic carbocycles. The first-order chi connectivity index (χ1) is 15.1. The number of rotatable bonds is 3. The Balaban J connectivity index is 1.48. The molecule has 2 N–H and O–H groups in total. The number of hydrogen-bond donors (Lipinski definition) is 2. The van der Waals surface area contributed by atoms with Crippen molar-refractivity contribution in [3.05, 3.63) is 69.6 Å². The molecule has 1 aromatic heterocycles. The highest BCUT2D eigenvalue weighted by molar-refractivity contribution is 7.80. The fraction of sp³-hybridized carbons (Fsp3) is 0.409. The lowest BCUT2D eigenvalue weighted by Crippen LogP contribution is -2.60. The summed E-state index contributed by atoms with van der Waals surface area (Å²) in [4.78, 5) is 27.1. The summed E-state index contributed by atoms with van der Waals surface area (Å²) in [7, 11) is 0. The summed E-state index contributed by atoms with van der Waals surface area (Å²) in [6, 6.07) is 12.6. The summed E-state index contributed by atoms with van der Waals surface area (Å²) >= 11 is 24.1. The Kier molecular flexibility index (Phi) is 6.73. The highest BCUT2D eigenvalue weighted by Gasteiger charge is 2.39. The van der Waals surface area contributed by atoms with Crippen molar-refractivity contribution in [2.75, 3.05) is 13.1 Å². The lowest BCUT2D eigenvalue weighted by molar-refractivity contribution is 0.0932. The van der Waals surface area contributed by atoms with Gasteiger partial charge in [-0.15, -0.1) is 0 Å². The number of nitrogens with one attached hydrogen (secondary N) is 2. The lowest BCUT2D eigenvalue weighted by Gasteiger charge is -2.44. The van der Waals surface area contributed by atoms with Gasteiger partial charge in [-0.25, -0.2) is 0 Å². The number of halogens is 3. The van der Waals surface area contributed by atoms with Gasteiger partial charge in [0.05, 0.1) is 0 Å². The maximum Gasteiger partial charge on any atom is 0.253 e. The Labute approximate surface area is 206 Å². The van der Waals surface area contributed by atoms with E-state index in [2.05, 4.69) is 10.6 Å². The smallest absolute Gasteiger partial charge is 0.253 e. The Hall–Kier alpha value is -1.80. The molecule has 2 aliphatic rings. The Morgan fingerprint density at radius 2 is 1.84 bits per heavy atom. The molecule has 3 atom stereocenters. The summed E-state index contributed by atoms with van der Waals surface area (Å²) in [6.45, 7) is 3.82. The molecule has 0 spiro atoms. The standard InChI is InChI=1S/C22H23Cl3N4O2S/c1-13-5-2-3-6-16(13)19(31)26-20(22(23,24)25)27-21(32)28-10-14-9-15(12-28)17-7-4-8-18(30)29(17)11-14/h2-8,14-15,20H,9-12H2,1H3,(H,26,31)(H,27,32)/t14-,15+,20?/m0/s1. The van der Waals surface area contributed by atoms with Crippen molar-refractivity contribution in [2.45, 2.75) is 35.8 Å². The van der Waals surface area contributed by atoms with Gasteiger partial charge in [0.2, 0.25) is 3.79 Å². The number of alkyl halides is 3. The number of thiocarbonyl (C=S) groups is 1. The third-order valence-electron chi connectivity index (χ3n) is 6.03. The minimum absolute atomic E-state index is 0.0292. The van der Waals surface area contributed by atoms with Crippen LogP contribution in [0.3, 0.4) is 0 Å². The largest absolute Gasteiger partial charge is 0.348 e. The van der Waals surface area contributed by atoms with E-state index in [0.29, 0.717) is 30.3 Å². The minimum Gasteiger partial charge on any atom is -0.348 e. The number of pyridine rings is 1. The van der Waals surface area contributed by atoms with Gasteiger partial charge in [-0.2, -0.15) is 0 Å². The molecule has 1 unspecified atom stereocenters. The van der Waals surface area contributed by atoms with Crippen molar-refractivity contribution in [2.24, 2.45) is 5.92 Å². The highest BCUT2D eigenvalue weighted by atomic mass is 35.6. The molecular formula is C22H23Cl3N4O2S. The van der Waals surface area contributed by atoms with Gasteiger partial charge >= 0.3 is 0 Å². The molecule has 3 heterocycles. The number of aryl methyl sites for hydroxylation is 1. The fourth-order valence-corrected chi connectivity index (χ4v) is 5.11. The molecule has 2 aliphatic heterocycles. The van der Waals surface area contributed by atoms with Crippen LogP contribution in [0.2, 0.25) is 0 Å². The van der Waals surface area contributed by atoms with Crippen molar-refractivity contribution in [3.63, 3.8) is 0 Å². The number of likely N-dealkylation sites (tertiary alicyclic amines) is 1. The van der Waals surface area contributed by atoms with Gasteiger partial charge in [0.1, 0.15) is 6.17 Å². The molecule has 0 saturated carbocycles. The Morgan fingerprint density at radius 1 is 1.09 bits per heavy atom. The van der Waals surface area contributed by atoms with Gasteiger partial charge in [0.15, 0.2) is 5.11 Å². The average molecular weight is 514 g/mol. The molecule has 2 aromatic rings. The van der Waals surface area contributed by atoms with Crippen molar-refractivity contribution in [1.82, 2.24) is 20.1 Å². The van der Waals surface area contributed by atoms with E-state index in [1.807, 2.05) is 34.6 Å². The number of hydrogen-bond acceptors (Lipinski definition) is 3. The predicted molar refractivity (Wildman–Crippen MR) is 132 cm³/mol. The third-order valence-corrected chi connectivity index (χ3v) is 7.06. The van der Waals surface area contributed by atoms with Crippen LogP contribution in [0.5, 0.6) is 0 Å². The van der Waals surface area contributed by atoms with E-state index in [9.17, 15) is 9.59 Å². The molecule has 4 rings (SSSR count). The SMILES string of the molecule is Cc1ccccc1C(=O)NC(NC(=S)N1C[C@@H]2C[C@H](C1)c1cccc(=O)n1C2)C(Cl)(Cl)Cl. The number of fused-ring (bicyclic) bond motifs is 4. The van der Waals surface area contributed by atoms with E-state index >= 15 is 0 Å². The van der Waals surface area contributed by atoms with Crippen LogP contribution in [0, 0.1) is 12.8 Å². The van der Waals surface area contributed by atoms with Gasteiger partial charge in [0.25, 0.3) is 11.5 Å². The van der Waals surface area contributed by atoms with Crippen molar-refractivity contribution in [1.29, 1.82) is 0 Å². The number of aromatic nitrogens is 1. The van der Waals surface area contributed by atoms with Gasteiger partial charge in [0, 0.05) is 42.9 Å². The maximum atomic E-state index is 12.8. The fourth-order valence-electron chi connectivity index (χ4n) is 4.51. The van der Waals surface area contributed by atoms with Crippen LogP contribution < -0.4 is 16.2 Å². The van der Waals surface area contributed by atoms with Crippen LogP contribution in [0.4, 0.5) is 0 Å². The van der Waals surface area contributed by atoms with E-state index in [0.717, 1.165) is 17.7 Å². The second-order valence-corrected chi connectivity index (χ2v) is 11.1. The van der Waals surface area contributed by atoms with E-state index < -0.39 is 9.96 Å². The van der Waals surface area contributed by atoms with Crippen molar-refractivity contribution >= 4 is 58.0 Å². The van der Waals surface area contributed by atoms with Gasteiger partial charge in [-0.05, 0) is 49.2 Å². The second kappa shape index (κ2) is 9.21. The predicted octanol–water partition coefficient (Wildman–Crippen LogP) is 3.58. The van der Waals surface area contributed by atoms with E-state index in [1.54, 1.807) is 24.3 Å². The minimum atomic E-state index is -1.83. The molecule has 6 nitrogen and oxygen atoms in total. The van der Waals surface area contributed by atoms with Crippen LogP contribution in [0.15, 0.2) is 47.3 Å². The molecule has 1 fully saturated rings. The number of benzene rings is 1. The number of nitrogens with zero attached hydrogens (tertiary/aromatic N) is 2. The molecule has 170 valence electrons. The summed E-state index contributed by atoms with van der Waals surface area (Å²) in [5, 5.41) is 6.18. The monoisotopic (exact) mass is 512 g/mol. The molecule has 0 aliphatic carbocycles. The zero-order chi connectivity index (χ0) is 23.0. The van der Waals surface area contributed by atoms with Gasteiger partial charge in [-0.1, -0.05) is 59.1 Å². The van der Waals surface area contributed by atoms with Crippen molar-refractivity contribution in [3.8, 4) is 0 Å². The zero-order valence-electron chi connectivity index (χ0n) is 17.4. The number of piperidine rings is 1. The topological polar surface area (TPSA) is 66.4 Å². The van der Waals surface area contributed by atoms with Crippen molar-refractivity contribution < 1.29 is 4.79 Å². The normalized spacial score (nSPS) is 20.8. The first-order valence-corrected chi connectivity index (χ1v) is 11.9. The molecule has 32 heavy (non-hydrogen) atoms. The van der Waals surface area contributed by atoms with Crippen LogP contribution in [-0.2, 0) is 6.54 Å². The summed E-state index contributed by atoms with van der Waals surface area (Å²) in [5.74, 6) is 0.108. The zero-order valence-corrected chi connectivity index (χ0v) is 20.4. The molecule has 1 saturated heterocycles. The number of amides is 1. The Morgan fingerprint density at radius 3 is 2.56 bits per heavy atom. The first-order valence-electron chi connectivity index (χ1n) is 10.3. The quantitative estimate of drug-likeness (QED) is 0.373. The summed E-state index contributed by atoms with van der Waals surface area (Å²) in [5.41, 5.74) is 2.36. The van der Waals surface area contributed by atoms with Crippen LogP contribution in [0.1, 0.15) is 34.0 Å². The molecule has 10 heteroatoms. The first kappa shape index (κ1) is 23.4.